The number of aryl methyl sites for hydroxylation is 1. The lowest BCUT2D eigenvalue weighted by Gasteiger charge is -2.20. The molecule has 164 valence electrons. The molecule has 3 amide bonds. The molecule has 1 aromatic heterocycles. The lowest BCUT2D eigenvalue weighted by molar-refractivity contribution is -0.140. The standard InChI is InChI=1S/C23H28N4O4/c1-26-14-12-24-21(26)20(15-7-9-16(31-2)10-8-15)25-19(28)11-13-27-22(29)17-5-3-4-6-18(17)23(27)30/h7-10,12,14,17-18,20H,3-6,11,13H2,1-2H3,(H,25,28)/t17-,18-,20-/m0/s1. The summed E-state index contributed by atoms with van der Waals surface area (Å²) in [5.74, 6) is 0.572. The first kappa shape index (κ1) is 21.1. The molecule has 8 heteroatoms. The van der Waals surface area contributed by atoms with E-state index in [0.717, 1.165) is 37.0 Å². The van der Waals surface area contributed by atoms with Gasteiger partial charge in [-0.25, -0.2) is 4.98 Å². The van der Waals surface area contributed by atoms with Gasteiger partial charge in [0, 0.05) is 32.4 Å². The molecule has 0 bridgehead atoms. The second-order valence-corrected chi connectivity index (χ2v) is 8.25. The summed E-state index contributed by atoms with van der Waals surface area (Å²) in [4.78, 5) is 43.8. The normalized spacial score (nSPS) is 21.7. The number of likely N-dealkylation sites (tertiary alicyclic amines) is 1. The molecule has 0 spiro atoms. The number of ether oxygens (including phenoxy) is 1. The Morgan fingerprint density at radius 1 is 1.16 bits per heavy atom. The molecule has 2 heterocycles. The number of rotatable bonds is 7. The van der Waals surface area contributed by atoms with Gasteiger partial charge >= 0.3 is 0 Å². The van der Waals surface area contributed by atoms with Crippen molar-refractivity contribution in [1.29, 1.82) is 0 Å². The number of methoxy groups -OCH3 is 1. The summed E-state index contributed by atoms with van der Waals surface area (Å²) in [7, 11) is 3.47. The van der Waals surface area contributed by atoms with Gasteiger partial charge < -0.3 is 14.6 Å². The van der Waals surface area contributed by atoms with Crippen molar-refractivity contribution in [2.24, 2.45) is 18.9 Å². The van der Waals surface area contributed by atoms with E-state index in [2.05, 4.69) is 10.3 Å². The Hall–Kier alpha value is -3.16. The molecule has 8 nitrogen and oxygen atoms in total. The SMILES string of the molecule is COc1ccc([C@H](NC(=O)CCN2C(=O)[C@H]3CCCC[C@@H]3C2=O)c2nccn2C)cc1. The molecular weight excluding hydrogens is 396 g/mol. The second kappa shape index (κ2) is 8.91. The third-order valence-corrected chi connectivity index (χ3v) is 6.37. The number of amides is 3. The summed E-state index contributed by atoms with van der Waals surface area (Å²) in [5, 5.41) is 3.02. The van der Waals surface area contributed by atoms with E-state index in [4.69, 9.17) is 4.74 Å². The fraction of sp³-hybridized carbons (Fsp3) is 0.478. The number of nitrogens with zero attached hydrogens (tertiary/aromatic N) is 3. The van der Waals surface area contributed by atoms with Crippen LogP contribution in [0.15, 0.2) is 36.7 Å². The van der Waals surface area contributed by atoms with Gasteiger partial charge in [-0.3, -0.25) is 19.3 Å². The van der Waals surface area contributed by atoms with Crippen LogP contribution in [0.3, 0.4) is 0 Å². The lowest BCUT2D eigenvalue weighted by Crippen LogP contribution is -2.37. The zero-order chi connectivity index (χ0) is 22.0. The van der Waals surface area contributed by atoms with Crippen LogP contribution >= 0.6 is 0 Å². The van der Waals surface area contributed by atoms with Crippen molar-refractivity contribution in [3.63, 3.8) is 0 Å². The number of nitrogens with one attached hydrogen (secondary N) is 1. The molecule has 4 rings (SSSR count). The number of benzene rings is 1. The van der Waals surface area contributed by atoms with Gasteiger partial charge in [-0.05, 0) is 30.5 Å². The zero-order valence-corrected chi connectivity index (χ0v) is 17.9. The topological polar surface area (TPSA) is 93.5 Å². The Labute approximate surface area is 181 Å². The van der Waals surface area contributed by atoms with Gasteiger partial charge in [0.25, 0.3) is 0 Å². The van der Waals surface area contributed by atoms with Crippen LogP contribution in [0.25, 0.3) is 0 Å². The van der Waals surface area contributed by atoms with Crippen LogP contribution in [-0.2, 0) is 21.4 Å². The fourth-order valence-corrected chi connectivity index (χ4v) is 4.65. The van der Waals surface area contributed by atoms with Crippen molar-refractivity contribution in [2.45, 2.75) is 38.1 Å². The van der Waals surface area contributed by atoms with E-state index in [1.54, 1.807) is 13.3 Å². The van der Waals surface area contributed by atoms with Crippen molar-refractivity contribution in [2.75, 3.05) is 13.7 Å². The second-order valence-electron chi connectivity index (χ2n) is 8.25. The first-order valence-corrected chi connectivity index (χ1v) is 10.8. The molecule has 3 atom stereocenters. The van der Waals surface area contributed by atoms with Crippen molar-refractivity contribution >= 4 is 17.7 Å². The maximum absolute atomic E-state index is 12.8. The van der Waals surface area contributed by atoms with Crippen molar-refractivity contribution < 1.29 is 19.1 Å². The molecular formula is C23H28N4O4. The van der Waals surface area contributed by atoms with E-state index in [9.17, 15) is 14.4 Å². The molecule has 31 heavy (non-hydrogen) atoms. The molecule has 1 saturated carbocycles. The van der Waals surface area contributed by atoms with Gasteiger partial charge in [-0.15, -0.1) is 0 Å². The third-order valence-electron chi connectivity index (χ3n) is 6.37. The quantitative estimate of drug-likeness (QED) is 0.688. The highest BCUT2D eigenvalue weighted by Gasteiger charge is 2.47. The number of hydrogen-bond acceptors (Lipinski definition) is 5. The summed E-state index contributed by atoms with van der Waals surface area (Å²) in [6.45, 7) is 0.117. The maximum atomic E-state index is 12.8. The highest BCUT2D eigenvalue weighted by molar-refractivity contribution is 6.05. The number of imide groups is 1. The summed E-state index contributed by atoms with van der Waals surface area (Å²) < 4.78 is 7.08. The van der Waals surface area contributed by atoms with E-state index >= 15 is 0 Å². The average Bonchev–Trinajstić information content (AvgIpc) is 3.32. The van der Waals surface area contributed by atoms with Gasteiger partial charge in [-0.2, -0.15) is 0 Å². The Morgan fingerprint density at radius 3 is 2.35 bits per heavy atom. The van der Waals surface area contributed by atoms with Crippen LogP contribution in [0.5, 0.6) is 5.75 Å². The molecule has 2 fully saturated rings. The Kier molecular flexibility index (Phi) is 6.06. The summed E-state index contributed by atoms with van der Waals surface area (Å²) >= 11 is 0. The number of carbonyl (C=O) groups excluding carboxylic acids is 3. The number of fused-ring (bicyclic) bond motifs is 1. The van der Waals surface area contributed by atoms with Crippen LogP contribution in [-0.4, -0.2) is 45.8 Å². The summed E-state index contributed by atoms with van der Waals surface area (Å²) in [6, 6.07) is 6.99. The van der Waals surface area contributed by atoms with Gasteiger partial charge in [0.15, 0.2) is 0 Å². The fourth-order valence-electron chi connectivity index (χ4n) is 4.65. The predicted molar refractivity (Wildman–Crippen MR) is 113 cm³/mol. The van der Waals surface area contributed by atoms with E-state index in [1.165, 1.54) is 4.90 Å². The van der Waals surface area contributed by atoms with Crippen LogP contribution in [0, 0.1) is 11.8 Å². The summed E-state index contributed by atoms with van der Waals surface area (Å²) in [5.41, 5.74) is 0.864. The van der Waals surface area contributed by atoms with Crippen LogP contribution < -0.4 is 10.1 Å². The molecule has 0 radical (unpaired) electrons. The van der Waals surface area contributed by atoms with Gasteiger partial charge in [0.05, 0.1) is 18.9 Å². The maximum Gasteiger partial charge on any atom is 0.233 e. The van der Waals surface area contributed by atoms with Crippen LogP contribution in [0.1, 0.15) is 49.5 Å². The first-order chi connectivity index (χ1) is 15.0. The van der Waals surface area contributed by atoms with E-state index < -0.39 is 6.04 Å². The van der Waals surface area contributed by atoms with E-state index in [-0.39, 0.29) is 42.5 Å². The molecule has 1 aromatic carbocycles. The van der Waals surface area contributed by atoms with Crippen LogP contribution in [0.2, 0.25) is 0 Å². The number of hydrogen-bond donors (Lipinski definition) is 1. The molecule has 1 aliphatic heterocycles. The van der Waals surface area contributed by atoms with E-state index in [1.807, 2.05) is 42.1 Å². The molecule has 0 unspecified atom stereocenters. The van der Waals surface area contributed by atoms with Crippen molar-refractivity contribution in [3.8, 4) is 5.75 Å². The van der Waals surface area contributed by atoms with Crippen molar-refractivity contribution in [3.05, 3.63) is 48.0 Å². The minimum Gasteiger partial charge on any atom is -0.497 e. The molecule has 2 aliphatic rings. The highest BCUT2D eigenvalue weighted by atomic mass is 16.5. The number of aromatic nitrogens is 2. The minimum absolute atomic E-state index is 0.0635. The molecule has 1 saturated heterocycles. The van der Waals surface area contributed by atoms with Gasteiger partial charge in [0.1, 0.15) is 17.6 Å². The largest absolute Gasteiger partial charge is 0.497 e. The monoisotopic (exact) mass is 424 g/mol. The van der Waals surface area contributed by atoms with Gasteiger partial charge in [0.2, 0.25) is 17.7 Å². The van der Waals surface area contributed by atoms with Crippen LogP contribution in [0.4, 0.5) is 0 Å². The Morgan fingerprint density at radius 2 is 1.81 bits per heavy atom. The average molecular weight is 425 g/mol. The first-order valence-electron chi connectivity index (χ1n) is 10.8. The predicted octanol–water partition coefficient (Wildman–Crippen LogP) is 2.20. The minimum atomic E-state index is -0.453. The van der Waals surface area contributed by atoms with Crippen molar-refractivity contribution in [1.82, 2.24) is 19.8 Å². The van der Waals surface area contributed by atoms with Gasteiger partial charge in [-0.1, -0.05) is 25.0 Å². The zero-order valence-electron chi connectivity index (χ0n) is 17.9. The third kappa shape index (κ3) is 4.19. The summed E-state index contributed by atoms with van der Waals surface area (Å²) in [6.07, 6.45) is 7.09. The smallest absolute Gasteiger partial charge is 0.233 e. The molecule has 1 N–H and O–H groups in total. The molecule has 1 aliphatic carbocycles. The Balaban J connectivity index is 1.45. The highest BCUT2D eigenvalue weighted by Crippen LogP contribution is 2.38. The van der Waals surface area contributed by atoms with E-state index in [0.29, 0.717) is 5.82 Å². The molecule has 2 aromatic rings. The number of carbonyl (C=O) groups is 3. The Bertz CT molecular complexity index is 944. The number of imidazole rings is 1. The lowest BCUT2D eigenvalue weighted by atomic mass is 9.81.